The number of nitrogen functional groups attached to an aromatic ring is 1. The molecule has 0 fully saturated rings. The highest BCUT2D eigenvalue weighted by Crippen LogP contribution is 2.62. The zero-order chi connectivity index (χ0) is 33.9. The molecule has 7 aromatic carbocycles. The number of rotatable bonds is 4. The molecule has 0 saturated heterocycles. The van der Waals surface area contributed by atoms with Gasteiger partial charge in [0.2, 0.25) is 0 Å². The Balaban J connectivity index is 1.18. The second-order valence-electron chi connectivity index (χ2n) is 13.0. The Morgan fingerprint density at radius 1 is 0.373 bits per heavy atom. The smallest absolute Gasteiger partial charge is 0.164 e. The Morgan fingerprint density at radius 3 is 1.57 bits per heavy atom. The van der Waals surface area contributed by atoms with Crippen LogP contribution in [0, 0.1) is 0 Å². The van der Waals surface area contributed by atoms with E-state index in [1.54, 1.807) is 0 Å². The van der Waals surface area contributed by atoms with Gasteiger partial charge in [0.05, 0.1) is 5.41 Å². The Bertz CT molecular complexity index is 2590. The SMILES string of the molecule is Nc1cccc(-c2ccc(-c3nc(-c4ccccc4)nc(-c4ccc5c(c4)C4(c6ccccc6Sc6ccccc64)c4ccccc4-5)n3)cc2)c1. The highest BCUT2D eigenvalue weighted by molar-refractivity contribution is 7.99. The fourth-order valence-corrected chi connectivity index (χ4v) is 9.07. The van der Waals surface area contributed by atoms with Crippen LogP contribution in [0.2, 0.25) is 0 Å². The molecular formula is C46H30N4S. The third-order valence-electron chi connectivity index (χ3n) is 10.1. The average molecular weight is 671 g/mol. The Kier molecular flexibility index (Phi) is 6.76. The molecule has 240 valence electrons. The normalized spacial score (nSPS) is 13.3. The molecule has 4 nitrogen and oxygen atoms in total. The van der Waals surface area contributed by atoms with Crippen molar-refractivity contribution < 1.29 is 0 Å². The molecule has 1 spiro atoms. The summed E-state index contributed by atoms with van der Waals surface area (Å²) in [6.45, 7) is 0. The molecule has 0 radical (unpaired) electrons. The number of nitrogens with zero attached hydrogens (tertiary/aromatic N) is 3. The van der Waals surface area contributed by atoms with E-state index >= 15 is 0 Å². The molecule has 0 saturated carbocycles. The van der Waals surface area contributed by atoms with Crippen molar-refractivity contribution in [2.75, 3.05) is 5.73 Å². The lowest BCUT2D eigenvalue weighted by atomic mass is 9.67. The van der Waals surface area contributed by atoms with Gasteiger partial charge in [0.1, 0.15) is 0 Å². The minimum atomic E-state index is -0.477. The summed E-state index contributed by atoms with van der Waals surface area (Å²) in [7, 11) is 0. The molecule has 51 heavy (non-hydrogen) atoms. The van der Waals surface area contributed by atoms with E-state index in [2.05, 4.69) is 121 Å². The van der Waals surface area contributed by atoms with Crippen molar-refractivity contribution in [1.29, 1.82) is 0 Å². The van der Waals surface area contributed by atoms with Gasteiger partial charge in [-0.15, -0.1) is 0 Å². The average Bonchev–Trinajstić information content (AvgIpc) is 3.48. The molecule has 2 aliphatic rings. The number of benzene rings is 7. The van der Waals surface area contributed by atoms with E-state index in [1.807, 2.05) is 60.3 Å². The van der Waals surface area contributed by atoms with E-state index in [0.717, 1.165) is 33.5 Å². The molecular weight excluding hydrogens is 641 g/mol. The van der Waals surface area contributed by atoms with Crippen molar-refractivity contribution in [3.63, 3.8) is 0 Å². The minimum Gasteiger partial charge on any atom is -0.399 e. The van der Waals surface area contributed by atoms with Gasteiger partial charge < -0.3 is 5.73 Å². The second-order valence-corrected chi connectivity index (χ2v) is 14.1. The van der Waals surface area contributed by atoms with Crippen LogP contribution in [0.5, 0.6) is 0 Å². The number of hydrogen-bond donors (Lipinski definition) is 1. The van der Waals surface area contributed by atoms with Crippen LogP contribution < -0.4 is 5.73 Å². The zero-order valence-electron chi connectivity index (χ0n) is 27.5. The van der Waals surface area contributed by atoms with Crippen LogP contribution >= 0.6 is 11.8 Å². The second kappa shape index (κ2) is 11.7. The number of aromatic nitrogens is 3. The van der Waals surface area contributed by atoms with Gasteiger partial charge in [0.25, 0.3) is 0 Å². The first-order valence-corrected chi connectivity index (χ1v) is 17.9. The Hall–Kier alpha value is -6.30. The van der Waals surface area contributed by atoms with Gasteiger partial charge in [-0.05, 0) is 74.8 Å². The summed E-state index contributed by atoms with van der Waals surface area (Å²) in [5.41, 5.74) is 19.0. The minimum absolute atomic E-state index is 0.477. The predicted molar refractivity (Wildman–Crippen MR) is 207 cm³/mol. The van der Waals surface area contributed by atoms with Gasteiger partial charge in [-0.2, -0.15) is 0 Å². The molecule has 1 aliphatic carbocycles. The third-order valence-corrected chi connectivity index (χ3v) is 11.3. The molecule has 0 amide bonds. The van der Waals surface area contributed by atoms with E-state index in [0.29, 0.717) is 17.5 Å². The van der Waals surface area contributed by atoms with Gasteiger partial charge in [-0.1, -0.05) is 151 Å². The lowest BCUT2D eigenvalue weighted by molar-refractivity contribution is 0.722. The van der Waals surface area contributed by atoms with Gasteiger partial charge in [-0.25, -0.2) is 15.0 Å². The van der Waals surface area contributed by atoms with Crippen molar-refractivity contribution >= 4 is 17.4 Å². The quantitative estimate of drug-likeness (QED) is 0.189. The summed E-state index contributed by atoms with van der Waals surface area (Å²) in [5.74, 6) is 1.90. The predicted octanol–water partition coefficient (Wildman–Crippen LogP) is 10.9. The number of fused-ring (bicyclic) bond motifs is 9. The summed E-state index contributed by atoms with van der Waals surface area (Å²) in [6.07, 6.45) is 0. The first-order valence-electron chi connectivity index (χ1n) is 17.1. The van der Waals surface area contributed by atoms with E-state index in [-0.39, 0.29) is 0 Å². The maximum atomic E-state index is 6.08. The van der Waals surface area contributed by atoms with Crippen LogP contribution in [0.3, 0.4) is 0 Å². The first-order chi connectivity index (χ1) is 25.2. The molecule has 1 aromatic heterocycles. The summed E-state index contributed by atoms with van der Waals surface area (Å²) in [5, 5.41) is 0. The van der Waals surface area contributed by atoms with E-state index in [4.69, 9.17) is 20.7 Å². The molecule has 0 bridgehead atoms. The Morgan fingerprint density at radius 2 is 0.882 bits per heavy atom. The molecule has 2 heterocycles. The standard InChI is InChI=1S/C46H30N4S/c47-34-14-10-13-32(27-34)29-21-23-31(24-22-29)44-48-43(30-11-2-1-3-12-30)49-45(50-44)33-25-26-36-35-15-4-5-16-37(35)46(40(36)28-33)38-17-6-8-19-41(38)51-42-20-9-7-18-39(42)46/h1-28H,47H2. The van der Waals surface area contributed by atoms with Crippen molar-refractivity contribution in [2.45, 2.75) is 15.2 Å². The maximum absolute atomic E-state index is 6.08. The lowest BCUT2D eigenvalue weighted by Crippen LogP contribution is -2.31. The summed E-state index contributed by atoms with van der Waals surface area (Å²) in [4.78, 5) is 17.9. The first kappa shape index (κ1) is 29.6. The van der Waals surface area contributed by atoms with Gasteiger partial charge in [0, 0.05) is 32.2 Å². The van der Waals surface area contributed by atoms with Gasteiger partial charge in [-0.3, -0.25) is 0 Å². The summed E-state index contributed by atoms with van der Waals surface area (Å²) >= 11 is 1.85. The van der Waals surface area contributed by atoms with Crippen LogP contribution in [-0.4, -0.2) is 15.0 Å². The fourth-order valence-electron chi connectivity index (χ4n) is 7.87. The third kappa shape index (κ3) is 4.66. The van der Waals surface area contributed by atoms with Crippen LogP contribution in [0.4, 0.5) is 5.69 Å². The monoisotopic (exact) mass is 670 g/mol. The van der Waals surface area contributed by atoms with Gasteiger partial charge in [0.15, 0.2) is 17.5 Å². The van der Waals surface area contributed by atoms with Crippen LogP contribution in [0.15, 0.2) is 180 Å². The van der Waals surface area contributed by atoms with Crippen LogP contribution in [0.25, 0.3) is 56.4 Å². The molecule has 0 atom stereocenters. The highest BCUT2D eigenvalue weighted by atomic mass is 32.2. The maximum Gasteiger partial charge on any atom is 0.164 e. The molecule has 8 aromatic rings. The van der Waals surface area contributed by atoms with Crippen molar-refractivity contribution in [2.24, 2.45) is 0 Å². The van der Waals surface area contributed by atoms with Crippen LogP contribution in [0.1, 0.15) is 22.3 Å². The Labute approximate surface area is 300 Å². The lowest BCUT2D eigenvalue weighted by Gasteiger charge is -2.39. The van der Waals surface area contributed by atoms with E-state index < -0.39 is 5.41 Å². The van der Waals surface area contributed by atoms with Gasteiger partial charge >= 0.3 is 0 Å². The van der Waals surface area contributed by atoms with E-state index in [9.17, 15) is 0 Å². The van der Waals surface area contributed by atoms with Crippen LogP contribution in [-0.2, 0) is 5.41 Å². The molecule has 0 unspecified atom stereocenters. The molecule has 5 heteroatoms. The topological polar surface area (TPSA) is 64.7 Å². The molecule has 10 rings (SSSR count). The summed E-state index contributed by atoms with van der Waals surface area (Å²) < 4.78 is 0. The highest BCUT2D eigenvalue weighted by Gasteiger charge is 2.50. The van der Waals surface area contributed by atoms with Crippen molar-refractivity contribution in [1.82, 2.24) is 15.0 Å². The number of anilines is 1. The number of hydrogen-bond acceptors (Lipinski definition) is 5. The molecule has 1 aliphatic heterocycles. The van der Waals surface area contributed by atoms with Crippen molar-refractivity contribution in [3.8, 4) is 56.4 Å². The largest absolute Gasteiger partial charge is 0.399 e. The number of nitrogens with two attached hydrogens (primary N) is 1. The summed E-state index contributed by atoms with van der Waals surface area (Å²) in [6, 6.07) is 59.8. The van der Waals surface area contributed by atoms with E-state index in [1.165, 1.54) is 43.2 Å². The van der Waals surface area contributed by atoms with Crippen molar-refractivity contribution in [3.05, 3.63) is 192 Å². The zero-order valence-corrected chi connectivity index (χ0v) is 28.3. The molecule has 2 N–H and O–H groups in total. The fraction of sp³-hybridized carbons (Fsp3) is 0.0217.